The zero-order valence-electron chi connectivity index (χ0n) is 8.79. The van der Waals surface area contributed by atoms with E-state index in [0.717, 1.165) is 29.3 Å². The molecule has 0 amide bonds. The number of ketones is 1. The van der Waals surface area contributed by atoms with Crippen molar-refractivity contribution >= 4 is 17.1 Å². The topological polar surface area (TPSA) is 39.2 Å². The number of ether oxygens (including phenoxy) is 1. The van der Waals surface area contributed by atoms with Crippen LogP contribution in [0.15, 0.2) is 0 Å². The van der Waals surface area contributed by atoms with Crippen LogP contribution >= 0.6 is 11.3 Å². The molecule has 1 aromatic rings. The lowest BCUT2D eigenvalue weighted by Crippen LogP contribution is -1.99. The SMILES string of the molecule is COCCCc1sc(C)nc1C(C)=O. The molecule has 0 fully saturated rings. The third kappa shape index (κ3) is 2.89. The number of carbonyl (C=O) groups is 1. The van der Waals surface area contributed by atoms with Crippen LogP contribution in [0.3, 0.4) is 0 Å². The summed E-state index contributed by atoms with van der Waals surface area (Å²) in [6.07, 6.45) is 1.83. The fraction of sp³-hybridized carbons (Fsp3) is 0.600. The lowest BCUT2D eigenvalue weighted by Gasteiger charge is -1.98. The van der Waals surface area contributed by atoms with Gasteiger partial charge in [0.1, 0.15) is 5.69 Å². The van der Waals surface area contributed by atoms with E-state index >= 15 is 0 Å². The molecule has 0 aliphatic rings. The molecule has 78 valence electrons. The summed E-state index contributed by atoms with van der Waals surface area (Å²) < 4.78 is 4.97. The summed E-state index contributed by atoms with van der Waals surface area (Å²) in [5, 5.41) is 0.961. The Morgan fingerprint density at radius 1 is 1.57 bits per heavy atom. The molecule has 0 saturated heterocycles. The average molecular weight is 213 g/mol. The van der Waals surface area contributed by atoms with Gasteiger partial charge in [-0.2, -0.15) is 0 Å². The van der Waals surface area contributed by atoms with Crippen molar-refractivity contribution in [3.05, 3.63) is 15.6 Å². The third-order valence-electron chi connectivity index (χ3n) is 1.89. The van der Waals surface area contributed by atoms with Gasteiger partial charge in [0.05, 0.1) is 5.01 Å². The Bertz CT molecular complexity index is 320. The molecule has 4 heteroatoms. The molecular weight excluding hydrogens is 198 g/mol. The number of Topliss-reactive ketones (excluding diaryl/α,β-unsaturated/α-hetero) is 1. The van der Waals surface area contributed by atoms with Gasteiger partial charge >= 0.3 is 0 Å². The highest BCUT2D eigenvalue weighted by atomic mass is 32.1. The molecule has 0 atom stereocenters. The lowest BCUT2D eigenvalue weighted by molar-refractivity contribution is 0.101. The van der Waals surface area contributed by atoms with Crippen LogP contribution in [0.4, 0.5) is 0 Å². The molecule has 0 spiro atoms. The van der Waals surface area contributed by atoms with E-state index in [4.69, 9.17) is 4.74 Å². The Kier molecular flexibility index (Phi) is 4.22. The fourth-order valence-electron chi connectivity index (χ4n) is 1.29. The summed E-state index contributed by atoms with van der Waals surface area (Å²) in [5.41, 5.74) is 0.642. The molecule has 14 heavy (non-hydrogen) atoms. The van der Waals surface area contributed by atoms with Crippen molar-refractivity contribution in [1.82, 2.24) is 4.98 Å². The van der Waals surface area contributed by atoms with Crippen molar-refractivity contribution in [2.45, 2.75) is 26.7 Å². The van der Waals surface area contributed by atoms with Crippen LogP contribution in [-0.4, -0.2) is 24.5 Å². The Hall–Kier alpha value is -0.740. The molecule has 1 heterocycles. The molecule has 1 rings (SSSR count). The van der Waals surface area contributed by atoms with E-state index in [1.165, 1.54) is 0 Å². The highest BCUT2D eigenvalue weighted by molar-refractivity contribution is 7.11. The minimum atomic E-state index is 0.0572. The minimum absolute atomic E-state index is 0.0572. The van der Waals surface area contributed by atoms with E-state index in [2.05, 4.69) is 4.98 Å². The summed E-state index contributed by atoms with van der Waals surface area (Å²) in [5.74, 6) is 0.0572. The number of rotatable bonds is 5. The van der Waals surface area contributed by atoms with Crippen LogP contribution in [-0.2, 0) is 11.2 Å². The van der Waals surface area contributed by atoms with Gasteiger partial charge in [-0.15, -0.1) is 11.3 Å². The van der Waals surface area contributed by atoms with E-state index in [9.17, 15) is 4.79 Å². The van der Waals surface area contributed by atoms with Crippen molar-refractivity contribution in [3.8, 4) is 0 Å². The van der Waals surface area contributed by atoms with Crippen LogP contribution in [0.2, 0.25) is 0 Å². The average Bonchev–Trinajstić information content (AvgIpc) is 2.47. The molecule has 0 saturated carbocycles. The van der Waals surface area contributed by atoms with Gasteiger partial charge in [-0.05, 0) is 19.8 Å². The largest absolute Gasteiger partial charge is 0.385 e. The number of hydrogen-bond donors (Lipinski definition) is 0. The molecule has 0 bridgehead atoms. The normalized spacial score (nSPS) is 10.5. The van der Waals surface area contributed by atoms with Gasteiger partial charge in [-0.3, -0.25) is 4.79 Å². The molecule has 0 unspecified atom stereocenters. The first-order valence-electron chi connectivity index (χ1n) is 4.61. The lowest BCUT2D eigenvalue weighted by atomic mass is 10.2. The number of aryl methyl sites for hydroxylation is 2. The summed E-state index contributed by atoms with van der Waals surface area (Å²) in [6, 6.07) is 0. The van der Waals surface area contributed by atoms with Crippen LogP contribution < -0.4 is 0 Å². The van der Waals surface area contributed by atoms with Gasteiger partial charge in [0, 0.05) is 25.5 Å². The summed E-state index contributed by atoms with van der Waals surface area (Å²) >= 11 is 1.61. The van der Waals surface area contributed by atoms with Gasteiger partial charge in [0.25, 0.3) is 0 Å². The molecule has 0 aliphatic carbocycles. The second-order valence-corrected chi connectivity index (χ2v) is 4.44. The first-order valence-corrected chi connectivity index (χ1v) is 5.43. The van der Waals surface area contributed by atoms with Gasteiger partial charge in [0.15, 0.2) is 5.78 Å². The minimum Gasteiger partial charge on any atom is -0.385 e. The highest BCUT2D eigenvalue weighted by Crippen LogP contribution is 2.20. The summed E-state index contributed by atoms with van der Waals surface area (Å²) in [4.78, 5) is 16.5. The van der Waals surface area contributed by atoms with Gasteiger partial charge in [-0.1, -0.05) is 0 Å². The van der Waals surface area contributed by atoms with Crippen molar-refractivity contribution < 1.29 is 9.53 Å². The maximum Gasteiger partial charge on any atom is 0.179 e. The van der Waals surface area contributed by atoms with Gasteiger partial charge in [-0.25, -0.2) is 4.98 Å². The highest BCUT2D eigenvalue weighted by Gasteiger charge is 2.12. The first kappa shape index (κ1) is 11.3. The molecule has 0 N–H and O–H groups in total. The van der Waals surface area contributed by atoms with Gasteiger partial charge in [0.2, 0.25) is 0 Å². The van der Waals surface area contributed by atoms with Crippen LogP contribution in [0.1, 0.15) is 33.7 Å². The smallest absolute Gasteiger partial charge is 0.179 e. The predicted octanol–water partition coefficient (Wildman–Crippen LogP) is 2.23. The number of methoxy groups -OCH3 is 1. The third-order valence-corrected chi connectivity index (χ3v) is 2.92. The van der Waals surface area contributed by atoms with E-state index in [0.29, 0.717) is 5.69 Å². The van der Waals surface area contributed by atoms with Crippen molar-refractivity contribution in [2.24, 2.45) is 0 Å². The Morgan fingerprint density at radius 2 is 2.29 bits per heavy atom. The molecule has 0 radical (unpaired) electrons. The monoisotopic (exact) mass is 213 g/mol. The predicted molar refractivity (Wildman–Crippen MR) is 57.1 cm³/mol. The standard InChI is InChI=1S/C10H15NO2S/c1-7(12)10-9(5-4-6-13-3)14-8(2)11-10/h4-6H2,1-3H3. The van der Waals surface area contributed by atoms with Crippen molar-refractivity contribution in [1.29, 1.82) is 0 Å². The molecule has 0 aliphatic heterocycles. The molecule has 1 aromatic heterocycles. The van der Waals surface area contributed by atoms with E-state index in [-0.39, 0.29) is 5.78 Å². The van der Waals surface area contributed by atoms with E-state index in [1.807, 2.05) is 6.92 Å². The number of aromatic nitrogens is 1. The van der Waals surface area contributed by atoms with E-state index < -0.39 is 0 Å². The van der Waals surface area contributed by atoms with E-state index in [1.54, 1.807) is 25.4 Å². The maximum atomic E-state index is 11.2. The van der Waals surface area contributed by atoms with Crippen molar-refractivity contribution in [2.75, 3.05) is 13.7 Å². The van der Waals surface area contributed by atoms with Crippen molar-refractivity contribution in [3.63, 3.8) is 0 Å². The Balaban J connectivity index is 2.69. The number of carbonyl (C=O) groups excluding carboxylic acids is 1. The fourth-order valence-corrected chi connectivity index (χ4v) is 2.32. The summed E-state index contributed by atoms with van der Waals surface area (Å²) in [6.45, 7) is 4.22. The zero-order chi connectivity index (χ0) is 10.6. The zero-order valence-corrected chi connectivity index (χ0v) is 9.61. The van der Waals surface area contributed by atoms with Crippen LogP contribution in [0, 0.1) is 6.92 Å². The second-order valence-electron chi connectivity index (χ2n) is 3.16. The maximum absolute atomic E-state index is 11.2. The van der Waals surface area contributed by atoms with Crippen LogP contribution in [0.5, 0.6) is 0 Å². The molecular formula is C10H15NO2S. The summed E-state index contributed by atoms with van der Waals surface area (Å²) in [7, 11) is 1.68. The quantitative estimate of drug-likeness (QED) is 0.556. The second kappa shape index (κ2) is 5.22. The first-order chi connectivity index (χ1) is 6.65. The molecule has 0 aromatic carbocycles. The van der Waals surface area contributed by atoms with Crippen LogP contribution in [0.25, 0.3) is 0 Å². The number of hydrogen-bond acceptors (Lipinski definition) is 4. The number of nitrogens with zero attached hydrogens (tertiary/aromatic N) is 1. The Labute approximate surface area is 88.1 Å². The number of thiazole rings is 1. The van der Waals surface area contributed by atoms with Gasteiger partial charge < -0.3 is 4.74 Å². The Morgan fingerprint density at radius 3 is 2.86 bits per heavy atom. The molecule has 3 nitrogen and oxygen atoms in total.